The number of anilines is 2. The topological polar surface area (TPSA) is 148 Å². The lowest BCUT2D eigenvalue weighted by atomic mass is 10.0. The molecule has 1 saturated heterocycles. The maximum absolute atomic E-state index is 13.6. The second-order valence-corrected chi connectivity index (χ2v) is 16.0. The molecule has 0 atom stereocenters. The Morgan fingerprint density at radius 1 is 1.09 bits per heavy atom. The Hall–Kier alpha value is -3.32. The summed E-state index contributed by atoms with van der Waals surface area (Å²) in [5, 5.41) is 12.7. The average Bonchev–Trinajstić information content (AvgIpc) is 3.27. The van der Waals surface area contributed by atoms with Crippen molar-refractivity contribution in [2.24, 2.45) is 0 Å². The summed E-state index contributed by atoms with van der Waals surface area (Å²) >= 11 is 7.72. The summed E-state index contributed by atoms with van der Waals surface area (Å²) in [6.07, 6.45) is 1.21. The molecular weight excluding hydrogens is 626 g/mol. The Kier molecular flexibility index (Phi) is 9.89. The van der Waals surface area contributed by atoms with Crippen molar-refractivity contribution in [3.63, 3.8) is 0 Å². The smallest absolute Gasteiger partial charge is 0.352 e. The Bertz CT molecular complexity index is 1640. The second-order valence-electron chi connectivity index (χ2n) is 12.1. The number of halogens is 1. The number of rotatable bonds is 10. The van der Waals surface area contributed by atoms with Crippen LogP contribution in [0.5, 0.6) is 5.75 Å². The highest BCUT2D eigenvalue weighted by atomic mass is 35.5. The standard InChI is InChI=1S/C31H38ClN3O7S2/c1-30(2,3)42-29(38)28-26(41-18-24(36)37)25(32)27(43-28)19-8-6-11-23(16-19)34-22-12-14-35(15-13-22)44(39,40)31(4,5)20-9-7-10-21(33)17-20/h6-11,16-17,22,34H,12-15,18,33H2,1-5H3,(H,36,37). The number of esters is 1. The highest BCUT2D eigenvalue weighted by molar-refractivity contribution is 7.90. The van der Waals surface area contributed by atoms with Gasteiger partial charge in [0.05, 0.1) is 4.88 Å². The Morgan fingerprint density at radius 2 is 1.75 bits per heavy atom. The number of hydrogen-bond donors (Lipinski definition) is 3. The van der Waals surface area contributed by atoms with Gasteiger partial charge in [-0.1, -0.05) is 35.9 Å². The van der Waals surface area contributed by atoms with Gasteiger partial charge >= 0.3 is 11.9 Å². The molecule has 13 heteroatoms. The minimum atomic E-state index is -3.66. The molecule has 2 heterocycles. The maximum atomic E-state index is 13.6. The van der Waals surface area contributed by atoms with Crippen LogP contribution in [0.3, 0.4) is 0 Å². The molecule has 0 saturated carbocycles. The number of nitrogens with zero attached hydrogens (tertiary/aromatic N) is 1. The number of piperidine rings is 1. The van der Waals surface area contributed by atoms with Gasteiger partial charge in [-0.15, -0.1) is 11.3 Å². The molecule has 0 spiro atoms. The Balaban J connectivity index is 1.50. The molecular formula is C31H38ClN3O7S2. The van der Waals surface area contributed by atoms with E-state index >= 15 is 0 Å². The Morgan fingerprint density at radius 3 is 2.36 bits per heavy atom. The zero-order valence-electron chi connectivity index (χ0n) is 25.3. The molecule has 238 valence electrons. The van der Waals surface area contributed by atoms with Gasteiger partial charge in [0.25, 0.3) is 0 Å². The molecule has 1 aromatic heterocycles. The predicted molar refractivity (Wildman–Crippen MR) is 174 cm³/mol. The first-order valence-corrected chi connectivity index (χ1v) is 16.8. The molecule has 10 nitrogen and oxygen atoms in total. The molecule has 0 amide bonds. The van der Waals surface area contributed by atoms with Crippen LogP contribution in [-0.4, -0.2) is 61.1 Å². The fourth-order valence-electron chi connectivity index (χ4n) is 4.91. The van der Waals surface area contributed by atoms with Gasteiger partial charge in [-0.05, 0) is 82.9 Å². The van der Waals surface area contributed by atoms with Gasteiger partial charge in [-0.25, -0.2) is 22.3 Å². The van der Waals surface area contributed by atoms with Crippen LogP contribution in [0.25, 0.3) is 10.4 Å². The normalized spacial score (nSPS) is 15.1. The zero-order chi connectivity index (χ0) is 32.4. The number of aliphatic carboxylic acids is 1. The molecule has 4 N–H and O–H groups in total. The number of sulfonamides is 1. The molecule has 3 aromatic rings. The molecule has 4 rings (SSSR count). The van der Waals surface area contributed by atoms with Crippen molar-refractivity contribution in [3.8, 4) is 16.2 Å². The van der Waals surface area contributed by atoms with E-state index < -0.39 is 38.9 Å². The van der Waals surface area contributed by atoms with E-state index in [2.05, 4.69) is 5.32 Å². The lowest BCUT2D eigenvalue weighted by Crippen LogP contribution is -2.48. The summed E-state index contributed by atoms with van der Waals surface area (Å²) < 4.78 is 38.6. The van der Waals surface area contributed by atoms with Crippen LogP contribution >= 0.6 is 22.9 Å². The van der Waals surface area contributed by atoms with Gasteiger partial charge in [0.1, 0.15) is 15.4 Å². The van der Waals surface area contributed by atoms with Gasteiger partial charge in [-0.3, -0.25) is 0 Å². The SMILES string of the molecule is CC(C)(C)OC(=O)c1sc(-c2cccc(NC3CCN(S(=O)(=O)C(C)(C)c4cccc(N)c4)CC3)c2)c(Cl)c1OCC(=O)O. The third kappa shape index (κ3) is 7.48. The van der Waals surface area contributed by atoms with Crippen LogP contribution in [0.4, 0.5) is 11.4 Å². The van der Waals surface area contributed by atoms with E-state index in [0.29, 0.717) is 47.6 Å². The number of carboxylic acids is 1. The number of carbonyl (C=O) groups is 2. The minimum Gasteiger partial charge on any atom is -0.479 e. The van der Waals surface area contributed by atoms with E-state index in [0.717, 1.165) is 17.0 Å². The van der Waals surface area contributed by atoms with Gasteiger partial charge in [0.2, 0.25) is 10.0 Å². The number of benzene rings is 2. The number of nitrogens with two attached hydrogens (primary N) is 1. The maximum Gasteiger partial charge on any atom is 0.352 e. The van der Waals surface area contributed by atoms with Crippen molar-refractivity contribution < 1.29 is 32.6 Å². The third-order valence-electron chi connectivity index (χ3n) is 7.25. The van der Waals surface area contributed by atoms with Crippen molar-refractivity contribution in [3.05, 3.63) is 64.0 Å². The van der Waals surface area contributed by atoms with Gasteiger partial charge in [0.15, 0.2) is 17.2 Å². The van der Waals surface area contributed by atoms with Gasteiger partial charge < -0.3 is 25.6 Å². The van der Waals surface area contributed by atoms with E-state index in [1.807, 2.05) is 24.3 Å². The van der Waals surface area contributed by atoms with Crippen molar-refractivity contribution in [2.75, 3.05) is 30.7 Å². The molecule has 0 aliphatic carbocycles. The van der Waals surface area contributed by atoms with Gasteiger partial charge in [-0.2, -0.15) is 0 Å². The quantitative estimate of drug-likeness (QED) is 0.170. The first-order valence-electron chi connectivity index (χ1n) is 14.1. The van der Waals surface area contributed by atoms with E-state index in [9.17, 15) is 18.0 Å². The highest BCUT2D eigenvalue weighted by Gasteiger charge is 2.42. The number of carbonyl (C=O) groups excluding carboxylic acids is 1. The molecule has 44 heavy (non-hydrogen) atoms. The van der Waals surface area contributed by atoms with E-state index in [1.165, 1.54) is 0 Å². The monoisotopic (exact) mass is 663 g/mol. The van der Waals surface area contributed by atoms with Crippen LogP contribution in [0, 0.1) is 0 Å². The van der Waals surface area contributed by atoms with Crippen molar-refractivity contribution in [1.82, 2.24) is 4.31 Å². The van der Waals surface area contributed by atoms with Crippen LogP contribution < -0.4 is 15.8 Å². The number of carboxylic acid groups (broad SMARTS) is 1. The fraction of sp³-hybridized carbons (Fsp3) is 0.419. The van der Waals surface area contributed by atoms with Crippen LogP contribution in [0.15, 0.2) is 48.5 Å². The van der Waals surface area contributed by atoms with E-state index in [-0.39, 0.29) is 21.7 Å². The van der Waals surface area contributed by atoms with E-state index in [4.69, 9.17) is 31.9 Å². The third-order valence-corrected chi connectivity index (χ3v) is 11.5. The second kappa shape index (κ2) is 13.0. The zero-order valence-corrected chi connectivity index (χ0v) is 27.7. The summed E-state index contributed by atoms with van der Waals surface area (Å²) in [5.41, 5.74) is 7.80. The lowest BCUT2D eigenvalue weighted by Gasteiger charge is -2.37. The van der Waals surface area contributed by atoms with Crippen LogP contribution in [0.1, 0.15) is 62.7 Å². The largest absolute Gasteiger partial charge is 0.479 e. The predicted octanol–water partition coefficient (Wildman–Crippen LogP) is 6.21. The molecule has 2 aromatic carbocycles. The summed E-state index contributed by atoms with van der Waals surface area (Å²) in [5.74, 6) is -1.90. The molecule has 0 unspecified atom stereocenters. The average molecular weight is 664 g/mol. The summed E-state index contributed by atoms with van der Waals surface area (Å²) in [6.45, 7) is 8.66. The van der Waals surface area contributed by atoms with Crippen molar-refractivity contribution in [1.29, 1.82) is 0 Å². The molecule has 0 bridgehead atoms. The van der Waals surface area contributed by atoms with Crippen LogP contribution in [-0.2, 0) is 24.3 Å². The molecule has 1 aliphatic heterocycles. The summed E-state index contributed by atoms with van der Waals surface area (Å²) in [6, 6.07) is 14.5. The number of nitrogen functional groups attached to an aromatic ring is 1. The lowest BCUT2D eigenvalue weighted by molar-refractivity contribution is -0.139. The summed E-state index contributed by atoms with van der Waals surface area (Å²) in [4.78, 5) is 24.7. The number of ether oxygens (including phenoxy) is 2. The van der Waals surface area contributed by atoms with Crippen molar-refractivity contribution >= 4 is 56.3 Å². The van der Waals surface area contributed by atoms with Crippen LogP contribution in [0.2, 0.25) is 5.02 Å². The highest BCUT2D eigenvalue weighted by Crippen LogP contribution is 2.46. The summed E-state index contributed by atoms with van der Waals surface area (Å²) in [7, 11) is -3.66. The Labute approximate surface area is 267 Å². The molecule has 1 aliphatic rings. The first kappa shape index (κ1) is 33.6. The first-order chi connectivity index (χ1) is 20.5. The van der Waals surface area contributed by atoms with Crippen molar-refractivity contribution in [2.45, 2.75) is 63.9 Å². The molecule has 0 radical (unpaired) electrons. The van der Waals surface area contributed by atoms with E-state index in [1.54, 1.807) is 63.2 Å². The molecule has 1 fully saturated rings. The number of hydrogen-bond acceptors (Lipinski definition) is 9. The minimum absolute atomic E-state index is 0.0257. The van der Waals surface area contributed by atoms with Gasteiger partial charge in [0, 0.05) is 30.5 Å². The fourth-order valence-corrected chi connectivity index (χ4v) is 8.12. The number of nitrogens with one attached hydrogen (secondary N) is 1. The number of thiophene rings is 1.